The maximum atomic E-state index is 11.0. The highest BCUT2D eigenvalue weighted by molar-refractivity contribution is 5.85. The zero-order chi connectivity index (χ0) is 14.9. The molecule has 2 rings (SSSR count). The van der Waals surface area contributed by atoms with Crippen LogP contribution >= 0.6 is 12.4 Å². The fourth-order valence-electron chi connectivity index (χ4n) is 2.38. The third-order valence-corrected chi connectivity index (χ3v) is 3.68. The van der Waals surface area contributed by atoms with Crippen LogP contribution in [0.15, 0.2) is 24.3 Å². The van der Waals surface area contributed by atoms with E-state index in [2.05, 4.69) is 4.90 Å². The lowest BCUT2D eigenvalue weighted by Gasteiger charge is -2.26. The Morgan fingerprint density at radius 3 is 2.55 bits per heavy atom. The average Bonchev–Trinajstić information content (AvgIpc) is 2.52. The number of benzene rings is 1. The van der Waals surface area contributed by atoms with Crippen molar-refractivity contribution in [1.82, 2.24) is 4.90 Å². The van der Waals surface area contributed by atoms with Crippen molar-refractivity contribution in [3.05, 3.63) is 29.8 Å². The number of carbonyl (C=O) groups is 1. The Balaban J connectivity index is 0.00000242. The van der Waals surface area contributed by atoms with Crippen LogP contribution in [0.5, 0.6) is 5.75 Å². The van der Waals surface area contributed by atoms with Crippen molar-refractivity contribution >= 4 is 18.2 Å². The number of nitrogens with zero attached hydrogens (tertiary/aromatic N) is 1. The van der Waals surface area contributed by atoms with E-state index in [4.69, 9.17) is 9.47 Å². The van der Waals surface area contributed by atoms with Gasteiger partial charge in [0.05, 0.1) is 19.8 Å². The van der Waals surface area contributed by atoms with Crippen molar-refractivity contribution < 1.29 is 14.3 Å². The molecule has 0 aliphatic carbocycles. The van der Waals surface area contributed by atoms with E-state index in [1.165, 1.54) is 5.56 Å². The lowest BCUT2D eigenvalue weighted by molar-refractivity contribution is -0.116. The summed E-state index contributed by atoms with van der Waals surface area (Å²) in [5.74, 6) is 1.14. The minimum atomic E-state index is 0. The van der Waals surface area contributed by atoms with Gasteiger partial charge in [-0.15, -0.1) is 12.4 Å². The fraction of sp³-hybridized carbons (Fsp3) is 0.588. The van der Waals surface area contributed by atoms with Gasteiger partial charge in [-0.3, -0.25) is 4.90 Å². The van der Waals surface area contributed by atoms with Gasteiger partial charge >= 0.3 is 0 Å². The third-order valence-electron chi connectivity index (χ3n) is 3.68. The van der Waals surface area contributed by atoms with Gasteiger partial charge < -0.3 is 14.3 Å². The number of ketones is 1. The predicted octanol–water partition coefficient (Wildman–Crippen LogP) is 2.73. The molecule has 124 valence electrons. The van der Waals surface area contributed by atoms with Gasteiger partial charge in [0.1, 0.15) is 11.5 Å². The largest absolute Gasteiger partial charge is 0.494 e. The number of carbonyl (C=O) groups excluding carboxylic acids is 1. The number of rotatable bonds is 8. The van der Waals surface area contributed by atoms with Crippen molar-refractivity contribution in [3.63, 3.8) is 0 Å². The molecule has 0 radical (unpaired) electrons. The molecular weight excluding hydrogens is 302 g/mol. The van der Waals surface area contributed by atoms with Crippen LogP contribution in [0, 0.1) is 0 Å². The number of hydrogen-bond acceptors (Lipinski definition) is 4. The number of aryl methyl sites for hydroxylation is 1. The molecule has 0 spiro atoms. The molecular formula is C17H26ClNO3. The monoisotopic (exact) mass is 327 g/mol. The molecule has 0 unspecified atom stereocenters. The smallest absolute Gasteiger partial charge is 0.130 e. The first-order valence-electron chi connectivity index (χ1n) is 7.75. The van der Waals surface area contributed by atoms with Crippen LogP contribution in [0.2, 0.25) is 0 Å². The van der Waals surface area contributed by atoms with Crippen LogP contribution in [0.3, 0.4) is 0 Å². The average molecular weight is 328 g/mol. The van der Waals surface area contributed by atoms with E-state index >= 15 is 0 Å². The molecule has 22 heavy (non-hydrogen) atoms. The number of hydrogen-bond donors (Lipinski definition) is 0. The Labute approximate surface area is 139 Å². The number of Topliss-reactive ketones (excluding diaryl/α,β-unsaturated/α-hetero) is 1. The maximum absolute atomic E-state index is 11.0. The van der Waals surface area contributed by atoms with Gasteiger partial charge in [-0.1, -0.05) is 12.1 Å². The molecule has 1 aromatic carbocycles. The molecule has 1 aromatic rings. The van der Waals surface area contributed by atoms with E-state index < -0.39 is 0 Å². The summed E-state index contributed by atoms with van der Waals surface area (Å²) in [6.07, 6.45) is 2.46. The zero-order valence-corrected chi connectivity index (χ0v) is 14.1. The van der Waals surface area contributed by atoms with Gasteiger partial charge in [0.25, 0.3) is 0 Å². The van der Waals surface area contributed by atoms with E-state index in [1.807, 2.05) is 24.3 Å². The maximum Gasteiger partial charge on any atom is 0.130 e. The molecule has 0 bridgehead atoms. The van der Waals surface area contributed by atoms with E-state index in [-0.39, 0.29) is 18.2 Å². The lowest BCUT2D eigenvalue weighted by atomic mass is 10.1. The molecule has 4 nitrogen and oxygen atoms in total. The second-order valence-electron chi connectivity index (χ2n) is 5.50. The second kappa shape index (κ2) is 10.6. The van der Waals surface area contributed by atoms with Crippen LogP contribution in [-0.4, -0.2) is 50.1 Å². The quantitative estimate of drug-likeness (QED) is 0.688. The Bertz CT molecular complexity index is 430. The minimum absolute atomic E-state index is 0. The Kier molecular flexibility index (Phi) is 9.13. The van der Waals surface area contributed by atoms with Crippen LogP contribution < -0.4 is 4.74 Å². The minimum Gasteiger partial charge on any atom is -0.494 e. The van der Waals surface area contributed by atoms with E-state index in [0.29, 0.717) is 6.42 Å². The summed E-state index contributed by atoms with van der Waals surface area (Å²) < 4.78 is 11.1. The molecule has 0 N–H and O–H groups in total. The highest BCUT2D eigenvalue weighted by Crippen LogP contribution is 2.14. The fourth-order valence-corrected chi connectivity index (χ4v) is 2.38. The molecule has 0 atom stereocenters. The SMILES string of the molecule is CC(=O)CCc1ccc(OCCCN2CCOCC2)cc1.Cl. The standard InChI is InChI=1S/C17H25NO3.ClH/c1-15(19)3-4-16-5-7-17(8-6-16)21-12-2-9-18-10-13-20-14-11-18;/h5-8H,2-4,9-14H2,1H3;1H. The molecule has 1 aliphatic rings. The van der Waals surface area contributed by atoms with Gasteiger partial charge in [-0.2, -0.15) is 0 Å². The highest BCUT2D eigenvalue weighted by atomic mass is 35.5. The van der Waals surface area contributed by atoms with Crippen LogP contribution in [0.1, 0.15) is 25.3 Å². The predicted molar refractivity (Wildman–Crippen MR) is 90.1 cm³/mol. The number of ether oxygens (including phenoxy) is 2. The molecule has 1 aliphatic heterocycles. The first-order valence-corrected chi connectivity index (χ1v) is 7.75. The molecule has 0 aromatic heterocycles. The van der Waals surface area contributed by atoms with Gasteiger partial charge in [0.2, 0.25) is 0 Å². The van der Waals surface area contributed by atoms with E-state index in [1.54, 1.807) is 6.92 Å². The van der Waals surface area contributed by atoms with Gasteiger partial charge in [-0.05, 0) is 37.5 Å². The van der Waals surface area contributed by atoms with Gasteiger partial charge in [0, 0.05) is 26.1 Å². The normalized spacial score (nSPS) is 15.1. The molecule has 0 saturated carbocycles. The summed E-state index contributed by atoms with van der Waals surface area (Å²) in [4.78, 5) is 13.4. The van der Waals surface area contributed by atoms with Crippen molar-refractivity contribution in [2.45, 2.75) is 26.2 Å². The Morgan fingerprint density at radius 2 is 1.91 bits per heavy atom. The zero-order valence-electron chi connectivity index (χ0n) is 13.3. The third kappa shape index (κ3) is 7.25. The highest BCUT2D eigenvalue weighted by Gasteiger charge is 2.09. The Hall–Kier alpha value is -1.10. The summed E-state index contributed by atoms with van der Waals surface area (Å²) >= 11 is 0. The number of morpholine rings is 1. The molecule has 1 saturated heterocycles. The summed E-state index contributed by atoms with van der Waals surface area (Å²) in [7, 11) is 0. The number of halogens is 1. The van der Waals surface area contributed by atoms with Crippen molar-refractivity contribution in [2.24, 2.45) is 0 Å². The van der Waals surface area contributed by atoms with Crippen LogP contribution in [0.4, 0.5) is 0 Å². The van der Waals surface area contributed by atoms with Crippen molar-refractivity contribution in [1.29, 1.82) is 0 Å². The Morgan fingerprint density at radius 1 is 1.23 bits per heavy atom. The first-order chi connectivity index (χ1) is 10.2. The summed E-state index contributed by atoms with van der Waals surface area (Å²) in [6, 6.07) is 8.06. The van der Waals surface area contributed by atoms with Gasteiger partial charge in [0.15, 0.2) is 0 Å². The molecule has 1 fully saturated rings. The lowest BCUT2D eigenvalue weighted by Crippen LogP contribution is -2.37. The van der Waals surface area contributed by atoms with Gasteiger partial charge in [-0.25, -0.2) is 0 Å². The molecule has 1 heterocycles. The van der Waals surface area contributed by atoms with Crippen molar-refractivity contribution in [3.8, 4) is 5.75 Å². The van der Waals surface area contributed by atoms with E-state index in [9.17, 15) is 4.79 Å². The van der Waals surface area contributed by atoms with Crippen LogP contribution in [-0.2, 0) is 16.0 Å². The van der Waals surface area contributed by atoms with Crippen LogP contribution in [0.25, 0.3) is 0 Å². The topological polar surface area (TPSA) is 38.8 Å². The summed E-state index contributed by atoms with van der Waals surface area (Å²) in [5, 5.41) is 0. The molecule has 5 heteroatoms. The molecule has 0 amide bonds. The second-order valence-corrected chi connectivity index (χ2v) is 5.50. The van der Waals surface area contributed by atoms with E-state index in [0.717, 1.165) is 58.0 Å². The summed E-state index contributed by atoms with van der Waals surface area (Å²) in [6.45, 7) is 7.21. The first kappa shape index (κ1) is 18.9. The summed E-state index contributed by atoms with van der Waals surface area (Å²) in [5.41, 5.74) is 1.19. The van der Waals surface area contributed by atoms with Crippen molar-refractivity contribution in [2.75, 3.05) is 39.5 Å².